The van der Waals surface area contributed by atoms with Crippen molar-refractivity contribution < 1.29 is 4.52 Å². The predicted molar refractivity (Wildman–Crippen MR) is 83.4 cm³/mol. The maximum absolute atomic E-state index is 5.39. The highest BCUT2D eigenvalue weighted by atomic mass is 16.5. The smallest absolute Gasteiger partial charge is 0.243 e. The van der Waals surface area contributed by atoms with Crippen LogP contribution in [0.3, 0.4) is 0 Å². The van der Waals surface area contributed by atoms with E-state index >= 15 is 0 Å². The van der Waals surface area contributed by atoms with Gasteiger partial charge in [0.05, 0.1) is 12.2 Å². The Bertz CT molecular complexity index is 618. The second-order valence-electron chi connectivity index (χ2n) is 5.99. The van der Waals surface area contributed by atoms with E-state index in [4.69, 9.17) is 4.52 Å². The molecule has 0 saturated carbocycles. The van der Waals surface area contributed by atoms with Crippen LogP contribution in [-0.2, 0) is 19.4 Å². The van der Waals surface area contributed by atoms with Crippen molar-refractivity contribution in [2.24, 2.45) is 0 Å². The number of hydrogen-bond donors (Lipinski definition) is 1. The fraction of sp³-hybridized carbons (Fsp3) is 0.688. The lowest BCUT2D eigenvalue weighted by atomic mass is 9.92. The van der Waals surface area contributed by atoms with Crippen LogP contribution >= 0.6 is 0 Å². The molecule has 2 atom stereocenters. The third kappa shape index (κ3) is 2.92. The number of hydrogen-bond acceptors (Lipinski definition) is 5. The molecule has 0 spiro atoms. The van der Waals surface area contributed by atoms with Crippen LogP contribution in [-0.4, -0.2) is 19.9 Å². The van der Waals surface area contributed by atoms with E-state index in [2.05, 4.69) is 46.0 Å². The molecule has 2 heterocycles. The molecule has 0 aliphatic heterocycles. The molecule has 1 N–H and O–H groups in total. The first-order chi connectivity index (χ1) is 10.7. The molecule has 0 fully saturated rings. The van der Waals surface area contributed by atoms with E-state index in [1.807, 2.05) is 6.20 Å². The largest absolute Gasteiger partial charge is 0.338 e. The first-order valence-electron chi connectivity index (χ1n) is 8.36. The van der Waals surface area contributed by atoms with Gasteiger partial charge in [0.15, 0.2) is 5.82 Å². The lowest BCUT2D eigenvalue weighted by Gasteiger charge is -2.26. The molecule has 6 nitrogen and oxygen atoms in total. The number of rotatable bonds is 6. The van der Waals surface area contributed by atoms with Gasteiger partial charge in [-0.2, -0.15) is 10.1 Å². The van der Waals surface area contributed by atoms with Crippen molar-refractivity contribution >= 4 is 0 Å². The normalized spacial score (nSPS) is 19.1. The molecule has 0 saturated heterocycles. The number of aromatic nitrogens is 4. The Balaban J connectivity index is 1.72. The number of nitrogens with one attached hydrogen (secondary N) is 1. The van der Waals surface area contributed by atoms with E-state index in [9.17, 15) is 0 Å². The van der Waals surface area contributed by atoms with Crippen molar-refractivity contribution in [2.75, 3.05) is 0 Å². The minimum atomic E-state index is 0.0547. The summed E-state index contributed by atoms with van der Waals surface area (Å²) < 4.78 is 7.50. The van der Waals surface area contributed by atoms with Crippen LogP contribution in [0.2, 0.25) is 0 Å². The Hall–Kier alpha value is -1.69. The Morgan fingerprint density at radius 1 is 1.45 bits per heavy atom. The summed E-state index contributed by atoms with van der Waals surface area (Å²) in [5.74, 6) is 1.48. The van der Waals surface area contributed by atoms with Gasteiger partial charge in [-0.05, 0) is 39.5 Å². The zero-order valence-corrected chi connectivity index (χ0v) is 13.7. The minimum Gasteiger partial charge on any atom is -0.338 e. The molecule has 0 amide bonds. The Labute approximate surface area is 131 Å². The first-order valence-corrected chi connectivity index (χ1v) is 8.36. The molecule has 0 bridgehead atoms. The zero-order chi connectivity index (χ0) is 15.5. The molecule has 6 heteroatoms. The van der Waals surface area contributed by atoms with Gasteiger partial charge in [0.2, 0.25) is 5.89 Å². The highest BCUT2D eigenvalue weighted by Gasteiger charge is 2.26. The molecule has 120 valence electrons. The summed E-state index contributed by atoms with van der Waals surface area (Å²) >= 11 is 0. The van der Waals surface area contributed by atoms with E-state index in [1.165, 1.54) is 17.7 Å². The van der Waals surface area contributed by atoms with Crippen LogP contribution in [0.1, 0.15) is 75.1 Å². The van der Waals surface area contributed by atoms with Crippen LogP contribution in [0, 0.1) is 0 Å². The van der Waals surface area contributed by atoms with Crippen LogP contribution in [0.4, 0.5) is 0 Å². The third-order valence-corrected chi connectivity index (χ3v) is 4.34. The maximum atomic E-state index is 5.39. The molecule has 0 unspecified atom stereocenters. The summed E-state index contributed by atoms with van der Waals surface area (Å²) in [5.41, 5.74) is 2.70. The number of nitrogens with zero attached hydrogens (tertiary/aromatic N) is 4. The Kier molecular flexibility index (Phi) is 4.57. The standard InChI is InChI=1S/C16H25N5O/c1-4-7-15-19-16(22-20-15)11(3)18-13-8-6-9-14-12(13)10-17-21(14)5-2/h10-11,13,18H,4-9H2,1-3H3/t11-,13-/m1/s1. The van der Waals surface area contributed by atoms with Gasteiger partial charge in [0.1, 0.15) is 0 Å². The minimum absolute atomic E-state index is 0.0547. The zero-order valence-electron chi connectivity index (χ0n) is 13.7. The quantitative estimate of drug-likeness (QED) is 0.888. The van der Waals surface area contributed by atoms with Crippen molar-refractivity contribution in [3.05, 3.63) is 29.2 Å². The Morgan fingerprint density at radius 2 is 2.32 bits per heavy atom. The van der Waals surface area contributed by atoms with Crippen LogP contribution in [0.5, 0.6) is 0 Å². The van der Waals surface area contributed by atoms with E-state index in [0.29, 0.717) is 11.9 Å². The lowest BCUT2D eigenvalue weighted by Crippen LogP contribution is -2.28. The molecule has 0 aromatic carbocycles. The van der Waals surface area contributed by atoms with Gasteiger partial charge in [-0.25, -0.2) is 0 Å². The van der Waals surface area contributed by atoms with E-state index < -0.39 is 0 Å². The van der Waals surface area contributed by atoms with Gasteiger partial charge >= 0.3 is 0 Å². The SMILES string of the molecule is CCCc1noc([C@@H](C)N[C@@H]2CCCc3c2cnn3CC)n1. The summed E-state index contributed by atoms with van der Waals surface area (Å²) in [4.78, 5) is 4.48. The van der Waals surface area contributed by atoms with Gasteiger partial charge in [0.25, 0.3) is 0 Å². The molecule has 22 heavy (non-hydrogen) atoms. The van der Waals surface area contributed by atoms with E-state index in [0.717, 1.165) is 38.1 Å². The summed E-state index contributed by atoms with van der Waals surface area (Å²) in [5, 5.41) is 12.2. The summed E-state index contributed by atoms with van der Waals surface area (Å²) in [6, 6.07) is 0.375. The number of aryl methyl sites for hydroxylation is 2. The fourth-order valence-corrected chi connectivity index (χ4v) is 3.21. The van der Waals surface area contributed by atoms with E-state index in [-0.39, 0.29) is 6.04 Å². The van der Waals surface area contributed by atoms with Crippen LogP contribution < -0.4 is 5.32 Å². The predicted octanol–water partition coefficient (Wildman–Crippen LogP) is 2.97. The average Bonchev–Trinajstić information content (AvgIpc) is 3.14. The van der Waals surface area contributed by atoms with Gasteiger partial charge in [-0.3, -0.25) is 10.00 Å². The summed E-state index contributed by atoms with van der Waals surface area (Å²) in [6.07, 6.45) is 7.35. The monoisotopic (exact) mass is 303 g/mol. The van der Waals surface area contributed by atoms with Crippen LogP contribution in [0.25, 0.3) is 0 Å². The molecule has 1 aliphatic rings. The maximum Gasteiger partial charge on any atom is 0.243 e. The molecule has 2 aromatic rings. The van der Waals surface area contributed by atoms with E-state index in [1.54, 1.807) is 0 Å². The lowest BCUT2D eigenvalue weighted by molar-refractivity contribution is 0.311. The molecule has 1 aliphatic carbocycles. The van der Waals surface area contributed by atoms with Crippen molar-refractivity contribution in [1.82, 2.24) is 25.2 Å². The topological polar surface area (TPSA) is 68.8 Å². The molecular weight excluding hydrogens is 278 g/mol. The van der Waals surface area contributed by atoms with Crippen molar-refractivity contribution in [2.45, 2.75) is 71.5 Å². The van der Waals surface area contributed by atoms with Crippen molar-refractivity contribution in [3.8, 4) is 0 Å². The van der Waals surface area contributed by atoms with Gasteiger partial charge in [-0.15, -0.1) is 0 Å². The molecule has 3 rings (SSSR count). The van der Waals surface area contributed by atoms with Crippen LogP contribution in [0.15, 0.2) is 10.7 Å². The van der Waals surface area contributed by atoms with Gasteiger partial charge in [-0.1, -0.05) is 12.1 Å². The van der Waals surface area contributed by atoms with Gasteiger partial charge < -0.3 is 4.52 Å². The fourth-order valence-electron chi connectivity index (χ4n) is 3.21. The third-order valence-electron chi connectivity index (χ3n) is 4.34. The number of fused-ring (bicyclic) bond motifs is 1. The Morgan fingerprint density at radius 3 is 3.09 bits per heavy atom. The van der Waals surface area contributed by atoms with Gasteiger partial charge in [0, 0.05) is 30.3 Å². The first kappa shape index (κ1) is 15.2. The summed E-state index contributed by atoms with van der Waals surface area (Å²) in [6.45, 7) is 7.27. The molecule has 0 radical (unpaired) electrons. The second-order valence-corrected chi connectivity index (χ2v) is 5.99. The highest BCUT2D eigenvalue weighted by Crippen LogP contribution is 2.31. The second kappa shape index (κ2) is 6.60. The van der Waals surface area contributed by atoms with Crippen molar-refractivity contribution in [1.29, 1.82) is 0 Å². The highest BCUT2D eigenvalue weighted by molar-refractivity contribution is 5.25. The molecular formula is C16H25N5O. The average molecular weight is 303 g/mol. The molecule has 2 aromatic heterocycles. The van der Waals surface area contributed by atoms with Crippen molar-refractivity contribution in [3.63, 3.8) is 0 Å². The summed E-state index contributed by atoms with van der Waals surface area (Å²) in [7, 11) is 0.